The quantitative estimate of drug-likeness (QED) is 0.350. The van der Waals surface area contributed by atoms with Crippen molar-refractivity contribution >= 4 is 55.3 Å². The van der Waals surface area contributed by atoms with Crippen LogP contribution in [0.4, 0.5) is 0 Å². The van der Waals surface area contributed by atoms with E-state index in [1.54, 1.807) is 30.1 Å². The predicted molar refractivity (Wildman–Crippen MR) is 137 cm³/mol. The minimum atomic E-state index is -0.707. The summed E-state index contributed by atoms with van der Waals surface area (Å²) >= 11 is 12.9. The number of hydrogen-bond donors (Lipinski definition) is 1. The summed E-state index contributed by atoms with van der Waals surface area (Å²) in [7, 11) is 1.57. The van der Waals surface area contributed by atoms with E-state index in [4.69, 9.17) is 16.3 Å². The van der Waals surface area contributed by atoms with Gasteiger partial charge < -0.3 is 15.0 Å². The van der Waals surface area contributed by atoms with E-state index in [-0.39, 0.29) is 25.0 Å². The van der Waals surface area contributed by atoms with Gasteiger partial charge in [0.05, 0.1) is 4.47 Å². The fourth-order valence-electron chi connectivity index (χ4n) is 3.37. The lowest BCUT2D eigenvalue weighted by Crippen LogP contribution is -2.51. The number of ether oxygens (including phenoxy) is 1. The van der Waals surface area contributed by atoms with Crippen molar-refractivity contribution in [2.75, 3.05) is 13.7 Å². The van der Waals surface area contributed by atoms with E-state index in [9.17, 15) is 9.59 Å². The van der Waals surface area contributed by atoms with E-state index in [1.807, 2.05) is 54.6 Å². The van der Waals surface area contributed by atoms with Crippen molar-refractivity contribution in [1.29, 1.82) is 0 Å². The van der Waals surface area contributed by atoms with Gasteiger partial charge in [-0.15, -0.1) is 0 Å². The number of likely N-dealkylation sites (N-methyl/N-ethyl adjacent to an activating group) is 1. The lowest BCUT2D eigenvalue weighted by Gasteiger charge is -2.31. The molecule has 0 heterocycles. The molecule has 1 N–H and O–H groups in total. The molecule has 0 radical (unpaired) electrons. The summed E-state index contributed by atoms with van der Waals surface area (Å²) in [6.07, 6.45) is 0.380. The smallest absolute Gasteiger partial charge is 0.261 e. The van der Waals surface area contributed by atoms with Crippen LogP contribution in [0.15, 0.2) is 81.7 Å². The highest BCUT2D eigenvalue weighted by molar-refractivity contribution is 9.10. The van der Waals surface area contributed by atoms with Crippen molar-refractivity contribution < 1.29 is 14.3 Å². The van der Waals surface area contributed by atoms with Gasteiger partial charge >= 0.3 is 0 Å². The molecule has 3 aromatic rings. The summed E-state index contributed by atoms with van der Waals surface area (Å²) in [5, 5.41) is 3.26. The summed E-state index contributed by atoms with van der Waals surface area (Å²) in [6.45, 7) is 0.0326. The molecule has 1 unspecified atom stereocenters. The molecule has 0 aliphatic heterocycles. The maximum absolute atomic E-state index is 13.4. The maximum atomic E-state index is 13.4. The minimum Gasteiger partial charge on any atom is -0.483 e. The first-order valence-electron chi connectivity index (χ1n) is 10.2. The molecule has 0 aliphatic carbocycles. The van der Waals surface area contributed by atoms with Crippen molar-refractivity contribution in [1.82, 2.24) is 10.2 Å². The van der Waals surface area contributed by atoms with Gasteiger partial charge in [0.2, 0.25) is 5.91 Å². The number of nitrogens with one attached hydrogen (secondary N) is 1. The van der Waals surface area contributed by atoms with Gasteiger partial charge in [-0.2, -0.15) is 0 Å². The molecule has 33 heavy (non-hydrogen) atoms. The number of nitrogens with zero attached hydrogens (tertiary/aromatic N) is 1. The highest BCUT2D eigenvalue weighted by atomic mass is 79.9. The summed E-state index contributed by atoms with van der Waals surface area (Å²) in [5.74, 6) is -0.0501. The molecule has 2 amide bonds. The zero-order valence-corrected chi connectivity index (χ0v) is 21.9. The predicted octanol–water partition coefficient (Wildman–Crippen LogP) is 5.63. The summed E-state index contributed by atoms with van der Waals surface area (Å²) in [5.41, 5.74) is 1.85. The van der Waals surface area contributed by atoms with Crippen LogP contribution in [0.25, 0.3) is 0 Å². The van der Waals surface area contributed by atoms with Gasteiger partial charge in [0.25, 0.3) is 5.91 Å². The van der Waals surface area contributed by atoms with Gasteiger partial charge in [-0.1, -0.05) is 70.0 Å². The number of hydrogen-bond acceptors (Lipinski definition) is 3. The molecule has 5 nitrogen and oxygen atoms in total. The van der Waals surface area contributed by atoms with Crippen LogP contribution in [0.1, 0.15) is 11.1 Å². The largest absolute Gasteiger partial charge is 0.483 e. The van der Waals surface area contributed by atoms with Crippen molar-refractivity contribution in [2.24, 2.45) is 0 Å². The van der Waals surface area contributed by atoms with Crippen molar-refractivity contribution in [3.63, 3.8) is 0 Å². The summed E-state index contributed by atoms with van der Waals surface area (Å²) in [6, 6.07) is 21.7. The monoisotopic (exact) mass is 592 g/mol. The van der Waals surface area contributed by atoms with Crippen LogP contribution in [-0.2, 0) is 22.6 Å². The molecular weight excluding hydrogens is 572 g/mol. The molecule has 0 aromatic heterocycles. The molecular formula is C25H23Br2ClN2O3. The molecule has 8 heteroatoms. The van der Waals surface area contributed by atoms with E-state index in [0.29, 0.717) is 21.7 Å². The van der Waals surface area contributed by atoms with Crippen LogP contribution < -0.4 is 10.1 Å². The van der Waals surface area contributed by atoms with Gasteiger partial charge in [-0.25, -0.2) is 0 Å². The highest BCUT2D eigenvalue weighted by Gasteiger charge is 2.30. The fourth-order valence-corrected chi connectivity index (χ4v) is 4.61. The van der Waals surface area contributed by atoms with E-state index < -0.39 is 6.04 Å². The van der Waals surface area contributed by atoms with Gasteiger partial charge in [-0.05, 0) is 57.4 Å². The second-order valence-electron chi connectivity index (χ2n) is 7.33. The van der Waals surface area contributed by atoms with Crippen LogP contribution in [0, 0.1) is 0 Å². The third-order valence-electron chi connectivity index (χ3n) is 5.00. The SMILES string of the molecule is CNC(=O)C(Cc1ccccc1)N(Cc1cccc(Br)c1)C(=O)COc1ccc(Cl)cc1Br. The Bertz CT molecular complexity index is 1110. The van der Waals surface area contributed by atoms with E-state index in [2.05, 4.69) is 37.2 Å². The molecule has 0 saturated heterocycles. The Hall–Kier alpha value is -2.35. The highest BCUT2D eigenvalue weighted by Crippen LogP contribution is 2.28. The molecule has 0 saturated carbocycles. The first-order valence-corrected chi connectivity index (χ1v) is 12.2. The Morgan fingerprint density at radius 3 is 2.39 bits per heavy atom. The van der Waals surface area contributed by atoms with Crippen molar-refractivity contribution in [3.8, 4) is 5.75 Å². The minimum absolute atomic E-state index is 0.226. The molecule has 3 rings (SSSR count). The topological polar surface area (TPSA) is 58.6 Å². The fraction of sp³-hybridized carbons (Fsp3) is 0.200. The Kier molecular flexibility index (Phi) is 9.35. The second-order valence-corrected chi connectivity index (χ2v) is 9.54. The Labute approximate surface area is 215 Å². The second kappa shape index (κ2) is 12.2. The van der Waals surface area contributed by atoms with E-state index in [0.717, 1.165) is 15.6 Å². The summed E-state index contributed by atoms with van der Waals surface area (Å²) in [4.78, 5) is 27.9. The Balaban J connectivity index is 1.88. The summed E-state index contributed by atoms with van der Waals surface area (Å²) < 4.78 is 7.32. The normalized spacial score (nSPS) is 11.5. The number of halogens is 3. The maximum Gasteiger partial charge on any atom is 0.261 e. The van der Waals surface area contributed by atoms with Crippen LogP contribution in [-0.4, -0.2) is 36.4 Å². The van der Waals surface area contributed by atoms with E-state index >= 15 is 0 Å². The zero-order valence-electron chi connectivity index (χ0n) is 17.9. The third-order valence-corrected chi connectivity index (χ3v) is 6.35. The lowest BCUT2D eigenvalue weighted by atomic mass is 10.0. The molecule has 3 aromatic carbocycles. The Morgan fingerprint density at radius 1 is 1.00 bits per heavy atom. The van der Waals surface area contributed by atoms with Gasteiger partial charge in [0.15, 0.2) is 6.61 Å². The third kappa shape index (κ3) is 7.32. The number of carbonyl (C=O) groups excluding carboxylic acids is 2. The van der Waals surface area contributed by atoms with Crippen molar-refractivity contribution in [2.45, 2.75) is 19.0 Å². The number of amides is 2. The molecule has 0 spiro atoms. The number of benzene rings is 3. The van der Waals surface area contributed by atoms with E-state index in [1.165, 1.54) is 0 Å². The molecule has 172 valence electrons. The van der Waals surface area contributed by atoms with Crippen molar-refractivity contribution in [3.05, 3.63) is 97.9 Å². The van der Waals surface area contributed by atoms with Crippen LogP contribution in [0.3, 0.4) is 0 Å². The van der Waals surface area contributed by atoms with Crippen LogP contribution >= 0.6 is 43.5 Å². The molecule has 0 bridgehead atoms. The average Bonchev–Trinajstić information content (AvgIpc) is 2.81. The molecule has 1 atom stereocenters. The first kappa shape index (κ1) is 25.3. The standard InChI is InChI=1S/C25H23Br2ClN2O3/c1-29-25(32)22(13-17-6-3-2-4-7-17)30(15-18-8-5-9-19(26)12-18)24(31)16-33-23-11-10-20(28)14-21(23)27/h2-12,14,22H,13,15-16H2,1H3,(H,29,32). The zero-order chi connectivity index (χ0) is 23.8. The van der Waals surface area contributed by atoms with Gasteiger partial charge in [0.1, 0.15) is 11.8 Å². The Morgan fingerprint density at radius 2 is 1.73 bits per heavy atom. The molecule has 0 aliphatic rings. The number of rotatable bonds is 9. The molecule has 0 fully saturated rings. The lowest BCUT2D eigenvalue weighted by molar-refractivity contribution is -0.142. The van der Waals surface area contributed by atoms with Crippen LogP contribution in [0.2, 0.25) is 5.02 Å². The number of carbonyl (C=O) groups is 2. The van der Waals surface area contributed by atoms with Gasteiger partial charge in [-0.3, -0.25) is 9.59 Å². The van der Waals surface area contributed by atoms with Gasteiger partial charge in [0, 0.05) is 29.5 Å². The first-order chi connectivity index (χ1) is 15.9. The van der Waals surface area contributed by atoms with Crippen LogP contribution in [0.5, 0.6) is 5.75 Å². The average molecular weight is 595 g/mol.